The molecule has 0 bridgehead atoms. The summed E-state index contributed by atoms with van der Waals surface area (Å²) >= 11 is 3.51. The van der Waals surface area contributed by atoms with Crippen molar-refractivity contribution in [3.63, 3.8) is 0 Å². The lowest BCUT2D eigenvalue weighted by atomic mass is 10.1. The van der Waals surface area contributed by atoms with Gasteiger partial charge in [0.05, 0.1) is 6.61 Å². The molecule has 0 aliphatic carbocycles. The Hall–Kier alpha value is -1.39. The molecule has 0 amide bonds. The van der Waals surface area contributed by atoms with Gasteiger partial charge < -0.3 is 4.74 Å². The van der Waals surface area contributed by atoms with Crippen molar-refractivity contribution in [3.8, 4) is 11.1 Å². The highest BCUT2D eigenvalue weighted by molar-refractivity contribution is 8.00. The Labute approximate surface area is 204 Å². The number of benzene rings is 2. The SMILES string of the molecule is CCCCCCCCCCCSc1ccc(-c2ccc(S[C@H](C)C(=O)OCC)cc2)cc1. The Morgan fingerprint density at radius 3 is 1.78 bits per heavy atom. The maximum absolute atomic E-state index is 11.8. The largest absolute Gasteiger partial charge is 0.465 e. The maximum Gasteiger partial charge on any atom is 0.319 e. The summed E-state index contributed by atoms with van der Waals surface area (Å²) in [5, 5.41) is -0.192. The maximum atomic E-state index is 11.8. The molecule has 2 nitrogen and oxygen atoms in total. The summed E-state index contributed by atoms with van der Waals surface area (Å²) in [7, 11) is 0. The van der Waals surface area contributed by atoms with Crippen LogP contribution in [0, 0.1) is 0 Å². The molecule has 176 valence electrons. The van der Waals surface area contributed by atoms with Crippen molar-refractivity contribution < 1.29 is 9.53 Å². The molecule has 0 aliphatic rings. The van der Waals surface area contributed by atoms with Crippen molar-refractivity contribution in [2.24, 2.45) is 0 Å². The van der Waals surface area contributed by atoms with Gasteiger partial charge in [0.25, 0.3) is 0 Å². The van der Waals surface area contributed by atoms with Crippen molar-refractivity contribution >= 4 is 29.5 Å². The van der Waals surface area contributed by atoms with Gasteiger partial charge in [-0.1, -0.05) is 82.6 Å². The summed E-state index contributed by atoms with van der Waals surface area (Å²) in [5.74, 6) is 1.05. The summed E-state index contributed by atoms with van der Waals surface area (Å²) in [4.78, 5) is 14.2. The van der Waals surface area contributed by atoms with Gasteiger partial charge in [0.15, 0.2) is 0 Å². The van der Waals surface area contributed by atoms with Crippen LogP contribution in [0.1, 0.15) is 78.6 Å². The molecule has 2 aromatic carbocycles. The summed E-state index contributed by atoms with van der Waals surface area (Å²) < 4.78 is 5.09. The number of ether oxygens (including phenoxy) is 1. The second-order valence-electron chi connectivity index (χ2n) is 8.24. The summed E-state index contributed by atoms with van der Waals surface area (Å²) in [6, 6.07) is 17.3. The van der Waals surface area contributed by atoms with Crippen molar-refractivity contribution in [3.05, 3.63) is 48.5 Å². The van der Waals surface area contributed by atoms with E-state index in [1.54, 1.807) is 11.8 Å². The number of hydrogen-bond donors (Lipinski definition) is 0. The predicted octanol–water partition coefficient (Wildman–Crippen LogP) is 9.02. The molecule has 0 fully saturated rings. The van der Waals surface area contributed by atoms with E-state index in [-0.39, 0.29) is 11.2 Å². The minimum absolute atomic E-state index is 0.155. The number of esters is 1. The molecule has 0 spiro atoms. The van der Waals surface area contributed by atoms with Crippen LogP contribution in [0.5, 0.6) is 0 Å². The normalized spacial score (nSPS) is 12.0. The van der Waals surface area contributed by atoms with Gasteiger partial charge in [0.1, 0.15) is 5.25 Å². The molecule has 32 heavy (non-hydrogen) atoms. The lowest BCUT2D eigenvalue weighted by Gasteiger charge is -2.11. The molecule has 0 heterocycles. The third-order valence-electron chi connectivity index (χ3n) is 5.49. The Kier molecular flexibility index (Phi) is 13.6. The van der Waals surface area contributed by atoms with Crippen molar-refractivity contribution in [2.45, 2.75) is 93.6 Å². The fourth-order valence-electron chi connectivity index (χ4n) is 3.58. The first-order chi connectivity index (χ1) is 15.6. The van der Waals surface area contributed by atoms with Crippen LogP contribution in [-0.4, -0.2) is 23.6 Å². The zero-order valence-electron chi connectivity index (χ0n) is 20.1. The van der Waals surface area contributed by atoms with Gasteiger partial charge in [-0.15, -0.1) is 23.5 Å². The van der Waals surface area contributed by atoms with E-state index in [1.807, 2.05) is 25.6 Å². The first kappa shape index (κ1) is 26.9. The van der Waals surface area contributed by atoms with E-state index in [0.29, 0.717) is 6.61 Å². The van der Waals surface area contributed by atoms with Crippen LogP contribution in [0.2, 0.25) is 0 Å². The van der Waals surface area contributed by atoms with Gasteiger partial charge in [0.2, 0.25) is 0 Å². The van der Waals surface area contributed by atoms with Crippen molar-refractivity contribution in [1.29, 1.82) is 0 Å². The number of carbonyl (C=O) groups is 1. The molecular formula is C28H40O2S2. The molecule has 1 atom stereocenters. The third-order valence-corrected chi connectivity index (χ3v) is 7.68. The summed E-state index contributed by atoms with van der Waals surface area (Å²) in [5.41, 5.74) is 2.43. The predicted molar refractivity (Wildman–Crippen MR) is 142 cm³/mol. The molecule has 0 N–H and O–H groups in total. The van der Waals surface area contributed by atoms with Crippen molar-refractivity contribution in [2.75, 3.05) is 12.4 Å². The van der Waals surface area contributed by atoms with Crippen LogP contribution < -0.4 is 0 Å². The van der Waals surface area contributed by atoms with E-state index >= 15 is 0 Å². The van der Waals surface area contributed by atoms with Crippen LogP contribution >= 0.6 is 23.5 Å². The fourth-order valence-corrected chi connectivity index (χ4v) is 5.36. The first-order valence-corrected chi connectivity index (χ1v) is 14.2. The summed E-state index contributed by atoms with van der Waals surface area (Å²) in [6.45, 7) is 6.43. The molecule has 0 aromatic heterocycles. The molecule has 2 rings (SSSR count). The van der Waals surface area contributed by atoms with Crippen LogP contribution in [0.15, 0.2) is 58.3 Å². The minimum atomic E-state index is -0.192. The molecule has 4 heteroatoms. The molecule has 0 saturated heterocycles. The molecule has 0 saturated carbocycles. The lowest BCUT2D eigenvalue weighted by molar-refractivity contribution is -0.142. The van der Waals surface area contributed by atoms with Crippen molar-refractivity contribution in [1.82, 2.24) is 0 Å². The molecule has 2 aromatic rings. The van der Waals surface area contributed by atoms with Gasteiger partial charge in [-0.3, -0.25) is 4.79 Å². The molecule has 0 radical (unpaired) electrons. The second kappa shape index (κ2) is 16.3. The Morgan fingerprint density at radius 1 is 0.750 bits per heavy atom. The Bertz CT molecular complexity index is 756. The molecule has 0 aliphatic heterocycles. The first-order valence-electron chi connectivity index (χ1n) is 12.3. The highest BCUT2D eigenvalue weighted by atomic mass is 32.2. The highest BCUT2D eigenvalue weighted by Crippen LogP contribution is 2.29. The fraction of sp³-hybridized carbons (Fsp3) is 0.536. The third kappa shape index (κ3) is 10.5. The van der Waals surface area contributed by atoms with E-state index in [2.05, 4.69) is 55.5 Å². The van der Waals surface area contributed by atoms with E-state index in [9.17, 15) is 4.79 Å². The van der Waals surface area contributed by atoms with E-state index in [1.165, 1.54) is 79.6 Å². The summed E-state index contributed by atoms with van der Waals surface area (Å²) in [6.07, 6.45) is 12.4. The van der Waals surface area contributed by atoms with Gasteiger partial charge in [-0.05, 0) is 61.4 Å². The highest BCUT2D eigenvalue weighted by Gasteiger charge is 2.15. The van der Waals surface area contributed by atoms with Gasteiger partial charge in [0, 0.05) is 9.79 Å². The van der Waals surface area contributed by atoms with Crippen LogP contribution in [0.3, 0.4) is 0 Å². The van der Waals surface area contributed by atoms with Crippen LogP contribution in [0.4, 0.5) is 0 Å². The average molecular weight is 473 g/mol. The second-order valence-corrected chi connectivity index (χ2v) is 10.8. The average Bonchev–Trinajstić information content (AvgIpc) is 2.81. The quantitative estimate of drug-likeness (QED) is 0.138. The Balaban J connectivity index is 1.68. The standard InChI is InChI=1S/C28H40O2S2/c1-4-6-7-8-9-10-11-12-13-22-31-26-18-14-24(15-19-26)25-16-20-27(21-17-25)32-23(3)28(29)30-5-2/h14-21,23H,4-13,22H2,1-3H3/t23-/m1/s1. The number of carbonyl (C=O) groups excluding carboxylic acids is 1. The zero-order chi connectivity index (χ0) is 23.0. The number of unbranched alkanes of at least 4 members (excludes halogenated alkanes) is 8. The van der Waals surface area contributed by atoms with Gasteiger partial charge >= 0.3 is 5.97 Å². The monoisotopic (exact) mass is 472 g/mol. The van der Waals surface area contributed by atoms with E-state index in [4.69, 9.17) is 4.74 Å². The number of thioether (sulfide) groups is 2. The smallest absolute Gasteiger partial charge is 0.319 e. The van der Waals surface area contributed by atoms with E-state index < -0.39 is 0 Å². The molecular weight excluding hydrogens is 432 g/mol. The van der Waals surface area contributed by atoms with E-state index in [0.717, 1.165) is 4.90 Å². The minimum Gasteiger partial charge on any atom is -0.465 e. The number of hydrogen-bond acceptors (Lipinski definition) is 4. The Morgan fingerprint density at radius 2 is 1.25 bits per heavy atom. The van der Waals surface area contributed by atoms with Gasteiger partial charge in [-0.25, -0.2) is 0 Å². The van der Waals surface area contributed by atoms with Crippen LogP contribution in [0.25, 0.3) is 11.1 Å². The van der Waals surface area contributed by atoms with Gasteiger partial charge in [-0.2, -0.15) is 0 Å². The lowest BCUT2D eigenvalue weighted by Crippen LogP contribution is -2.16. The number of rotatable bonds is 16. The molecule has 0 unspecified atom stereocenters. The topological polar surface area (TPSA) is 26.3 Å². The zero-order valence-corrected chi connectivity index (χ0v) is 21.7. The van der Waals surface area contributed by atoms with Crippen LogP contribution in [-0.2, 0) is 9.53 Å².